The van der Waals surface area contributed by atoms with E-state index in [9.17, 15) is 0 Å². The molecule has 0 saturated carbocycles. The summed E-state index contributed by atoms with van der Waals surface area (Å²) in [5.74, 6) is 0.309. The summed E-state index contributed by atoms with van der Waals surface area (Å²) in [5, 5.41) is 17.2. The number of hydrogen-bond donors (Lipinski definition) is 1. The van der Waals surface area contributed by atoms with E-state index in [0.717, 1.165) is 19.6 Å². The van der Waals surface area contributed by atoms with Gasteiger partial charge in [-0.05, 0) is 12.5 Å². The van der Waals surface area contributed by atoms with Crippen molar-refractivity contribution in [2.45, 2.75) is 20.3 Å². The van der Waals surface area contributed by atoms with Gasteiger partial charge in [0, 0.05) is 26.1 Å². The lowest BCUT2D eigenvalue weighted by molar-refractivity contribution is 0.179. The van der Waals surface area contributed by atoms with Crippen LogP contribution in [0.1, 0.15) is 20.3 Å². The van der Waals surface area contributed by atoms with Crippen LogP contribution in [0.3, 0.4) is 0 Å². The third-order valence-electron chi connectivity index (χ3n) is 1.87. The molecular formula is C9H18N2O. The van der Waals surface area contributed by atoms with Gasteiger partial charge >= 0.3 is 0 Å². The van der Waals surface area contributed by atoms with E-state index in [1.54, 1.807) is 0 Å². The fourth-order valence-corrected chi connectivity index (χ4v) is 1.09. The van der Waals surface area contributed by atoms with E-state index in [2.05, 4.69) is 17.9 Å². The number of nitriles is 1. The quantitative estimate of drug-likeness (QED) is 0.643. The van der Waals surface area contributed by atoms with Gasteiger partial charge in [-0.25, -0.2) is 0 Å². The van der Waals surface area contributed by atoms with Gasteiger partial charge in [0.2, 0.25) is 0 Å². The van der Waals surface area contributed by atoms with E-state index in [1.807, 2.05) is 6.92 Å². The highest BCUT2D eigenvalue weighted by Gasteiger charge is 2.06. The Morgan fingerprint density at radius 2 is 2.25 bits per heavy atom. The summed E-state index contributed by atoms with van der Waals surface area (Å²) < 4.78 is 0. The summed E-state index contributed by atoms with van der Waals surface area (Å²) in [6.07, 6.45) is 0.575. The SMILES string of the molecule is CCN(CCC#N)CC(C)CO. The van der Waals surface area contributed by atoms with Gasteiger partial charge in [0.15, 0.2) is 0 Å². The number of hydrogen-bond acceptors (Lipinski definition) is 3. The lowest BCUT2D eigenvalue weighted by Gasteiger charge is -2.21. The van der Waals surface area contributed by atoms with Gasteiger partial charge in [-0.15, -0.1) is 0 Å². The van der Waals surface area contributed by atoms with Gasteiger partial charge in [0.25, 0.3) is 0 Å². The summed E-state index contributed by atoms with van der Waals surface area (Å²) in [4.78, 5) is 2.18. The van der Waals surface area contributed by atoms with Crippen LogP contribution in [-0.2, 0) is 0 Å². The molecule has 0 aliphatic rings. The minimum Gasteiger partial charge on any atom is -0.396 e. The van der Waals surface area contributed by atoms with E-state index >= 15 is 0 Å². The highest BCUT2D eigenvalue weighted by molar-refractivity contribution is 4.72. The van der Waals surface area contributed by atoms with E-state index in [4.69, 9.17) is 10.4 Å². The summed E-state index contributed by atoms with van der Waals surface area (Å²) in [6, 6.07) is 2.12. The molecule has 0 amide bonds. The highest BCUT2D eigenvalue weighted by atomic mass is 16.3. The lowest BCUT2D eigenvalue weighted by Crippen LogP contribution is -2.30. The standard InChI is InChI=1S/C9H18N2O/c1-3-11(6-4-5-10)7-9(2)8-12/h9,12H,3-4,6-8H2,1-2H3. The summed E-state index contributed by atoms with van der Waals surface area (Å²) in [5.41, 5.74) is 0. The Kier molecular flexibility index (Phi) is 6.73. The first kappa shape index (κ1) is 11.4. The van der Waals surface area contributed by atoms with Crippen LogP contribution >= 0.6 is 0 Å². The molecule has 1 atom stereocenters. The minimum atomic E-state index is 0.225. The van der Waals surface area contributed by atoms with Gasteiger partial charge < -0.3 is 10.0 Å². The van der Waals surface area contributed by atoms with E-state index in [1.165, 1.54) is 0 Å². The Balaban J connectivity index is 3.60. The molecule has 0 bridgehead atoms. The molecular weight excluding hydrogens is 152 g/mol. The fourth-order valence-electron chi connectivity index (χ4n) is 1.09. The Labute approximate surface area is 74.6 Å². The van der Waals surface area contributed by atoms with Gasteiger partial charge in [-0.1, -0.05) is 13.8 Å². The average Bonchev–Trinajstić information content (AvgIpc) is 2.11. The maximum atomic E-state index is 8.81. The van der Waals surface area contributed by atoms with Gasteiger partial charge in [0.1, 0.15) is 0 Å². The average molecular weight is 170 g/mol. The third-order valence-corrected chi connectivity index (χ3v) is 1.87. The molecule has 3 heteroatoms. The van der Waals surface area contributed by atoms with Crippen LogP contribution in [0.25, 0.3) is 0 Å². The zero-order chi connectivity index (χ0) is 9.40. The van der Waals surface area contributed by atoms with Crippen LogP contribution in [0.15, 0.2) is 0 Å². The zero-order valence-electron chi connectivity index (χ0n) is 7.95. The first-order valence-electron chi connectivity index (χ1n) is 4.44. The van der Waals surface area contributed by atoms with Crippen molar-refractivity contribution in [3.05, 3.63) is 0 Å². The molecule has 0 radical (unpaired) electrons. The summed E-state index contributed by atoms with van der Waals surface area (Å²) >= 11 is 0. The van der Waals surface area contributed by atoms with Gasteiger partial charge in [-0.3, -0.25) is 0 Å². The molecule has 12 heavy (non-hydrogen) atoms. The Morgan fingerprint density at radius 3 is 2.67 bits per heavy atom. The smallest absolute Gasteiger partial charge is 0.0635 e. The zero-order valence-corrected chi connectivity index (χ0v) is 7.95. The maximum absolute atomic E-state index is 8.81. The Morgan fingerprint density at radius 1 is 1.58 bits per heavy atom. The van der Waals surface area contributed by atoms with Crippen LogP contribution < -0.4 is 0 Å². The highest BCUT2D eigenvalue weighted by Crippen LogP contribution is 1.99. The van der Waals surface area contributed by atoms with Crippen molar-refractivity contribution < 1.29 is 5.11 Å². The van der Waals surface area contributed by atoms with Crippen molar-refractivity contribution in [2.24, 2.45) is 5.92 Å². The monoisotopic (exact) mass is 170 g/mol. The van der Waals surface area contributed by atoms with Gasteiger partial charge in [-0.2, -0.15) is 5.26 Å². The normalized spacial score (nSPS) is 12.9. The second kappa shape index (κ2) is 7.08. The lowest BCUT2D eigenvalue weighted by atomic mass is 10.2. The van der Waals surface area contributed by atoms with Crippen LogP contribution in [0.2, 0.25) is 0 Å². The van der Waals surface area contributed by atoms with E-state index in [-0.39, 0.29) is 6.61 Å². The predicted molar refractivity (Wildman–Crippen MR) is 48.6 cm³/mol. The second-order valence-electron chi connectivity index (χ2n) is 3.09. The van der Waals surface area contributed by atoms with Crippen molar-refractivity contribution in [3.8, 4) is 6.07 Å². The number of aliphatic hydroxyl groups is 1. The molecule has 0 aliphatic carbocycles. The van der Waals surface area contributed by atoms with Crippen LogP contribution in [0.5, 0.6) is 0 Å². The summed E-state index contributed by atoms with van der Waals surface area (Å²) in [6.45, 7) is 6.96. The van der Waals surface area contributed by atoms with Crippen LogP contribution in [0.4, 0.5) is 0 Å². The second-order valence-corrected chi connectivity index (χ2v) is 3.09. The predicted octanol–water partition coefficient (Wildman–Crippen LogP) is 0.850. The van der Waals surface area contributed by atoms with E-state index < -0.39 is 0 Å². The molecule has 0 aromatic heterocycles. The molecule has 0 fully saturated rings. The number of rotatable bonds is 6. The molecule has 0 heterocycles. The molecule has 0 aromatic carbocycles. The molecule has 70 valence electrons. The largest absolute Gasteiger partial charge is 0.396 e. The van der Waals surface area contributed by atoms with Crippen molar-refractivity contribution in [1.29, 1.82) is 5.26 Å². The molecule has 0 spiro atoms. The van der Waals surface area contributed by atoms with E-state index in [0.29, 0.717) is 12.3 Å². The van der Waals surface area contributed by atoms with Crippen LogP contribution in [-0.4, -0.2) is 36.2 Å². The Bertz CT molecular complexity index is 142. The molecule has 1 N–H and O–H groups in total. The molecule has 3 nitrogen and oxygen atoms in total. The maximum Gasteiger partial charge on any atom is 0.0635 e. The molecule has 0 rings (SSSR count). The number of nitrogens with zero attached hydrogens (tertiary/aromatic N) is 2. The van der Waals surface area contributed by atoms with Crippen molar-refractivity contribution in [2.75, 3.05) is 26.2 Å². The van der Waals surface area contributed by atoms with Crippen molar-refractivity contribution in [3.63, 3.8) is 0 Å². The van der Waals surface area contributed by atoms with Gasteiger partial charge in [0.05, 0.1) is 6.07 Å². The molecule has 0 aliphatic heterocycles. The fraction of sp³-hybridized carbons (Fsp3) is 0.889. The minimum absolute atomic E-state index is 0.225. The Hall–Kier alpha value is -0.590. The first-order chi connectivity index (χ1) is 5.74. The molecule has 0 saturated heterocycles. The molecule has 0 aromatic rings. The third kappa shape index (κ3) is 5.11. The van der Waals surface area contributed by atoms with Crippen LogP contribution in [0, 0.1) is 17.2 Å². The first-order valence-corrected chi connectivity index (χ1v) is 4.44. The van der Waals surface area contributed by atoms with Crippen molar-refractivity contribution >= 4 is 0 Å². The van der Waals surface area contributed by atoms with Crippen molar-refractivity contribution in [1.82, 2.24) is 4.90 Å². The summed E-state index contributed by atoms with van der Waals surface area (Å²) in [7, 11) is 0. The molecule has 1 unspecified atom stereocenters. The topological polar surface area (TPSA) is 47.3 Å². The number of aliphatic hydroxyl groups excluding tert-OH is 1.